The maximum Gasteiger partial charge on any atom is 0.477 e. The van der Waals surface area contributed by atoms with Gasteiger partial charge < -0.3 is 5.32 Å². The molecule has 86 valence electrons. The van der Waals surface area contributed by atoms with Crippen molar-refractivity contribution in [3.05, 3.63) is 35.0 Å². The summed E-state index contributed by atoms with van der Waals surface area (Å²) in [5.41, 5.74) is 0.452. The van der Waals surface area contributed by atoms with E-state index in [1.54, 1.807) is 18.3 Å². The second kappa shape index (κ2) is 6.33. The summed E-state index contributed by atoms with van der Waals surface area (Å²) in [6, 6.07) is 3.30. The van der Waals surface area contributed by atoms with Crippen LogP contribution < -0.4 is 5.32 Å². The minimum Gasteiger partial charge on any atom is -0.348 e. The molecule has 1 rings (SSSR count). The summed E-state index contributed by atoms with van der Waals surface area (Å²) in [6.07, 6.45) is 3.03. The Labute approximate surface area is 91.9 Å². The van der Waals surface area contributed by atoms with Gasteiger partial charge in [-0.1, -0.05) is 0 Å². The summed E-state index contributed by atoms with van der Waals surface area (Å²) in [5.74, 6) is -0.272. The minimum atomic E-state index is -0.272. The van der Waals surface area contributed by atoms with Crippen molar-refractivity contribution >= 4 is 5.91 Å². The van der Waals surface area contributed by atoms with Crippen molar-refractivity contribution < 1.29 is 19.6 Å². The van der Waals surface area contributed by atoms with Crippen molar-refractivity contribution in [2.75, 3.05) is 20.3 Å². The third-order valence-corrected chi connectivity index (χ3v) is 1.66. The Kier molecular flexibility index (Phi) is 4.71. The average molecular weight is 226 g/mol. The molecule has 1 N–H and O–H groups in total. The molecule has 1 aromatic heterocycles. The lowest BCUT2D eigenvalue weighted by Crippen LogP contribution is -2.28. The molecule has 7 heteroatoms. The van der Waals surface area contributed by atoms with Gasteiger partial charge in [0.05, 0.1) is 12.1 Å². The Hall–Kier alpha value is -2.18. The van der Waals surface area contributed by atoms with Crippen molar-refractivity contribution in [3.8, 4) is 0 Å². The Morgan fingerprint density at radius 1 is 1.62 bits per heavy atom. The lowest BCUT2D eigenvalue weighted by atomic mass is 10.3. The minimum absolute atomic E-state index is 0.0311. The van der Waals surface area contributed by atoms with Gasteiger partial charge in [-0.2, -0.15) is 9.68 Å². The average Bonchev–Trinajstić information content (AvgIpc) is 2.35. The highest BCUT2D eigenvalue weighted by atomic mass is 17.0. The van der Waals surface area contributed by atoms with E-state index in [1.165, 1.54) is 13.3 Å². The second-order valence-corrected chi connectivity index (χ2v) is 2.74. The van der Waals surface area contributed by atoms with E-state index in [0.717, 1.165) is 0 Å². The Bertz CT molecular complexity index is 355. The standard InChI is InChI=1S/C9H11N3O4/c1-15-12(14)16-6-5-11-9(13)8-3-2-4-10-7-8/h2-4,7H,5-6H2,1H3/p+1. The first-order chi connectivity index (χ1) is 7.74. The molecular formula is C9H12N3O4+. The molecule has 0 saturated carbocycles. The zero-order valence-corrected chi connectivity index (χ0v) is 8.75. The molecule has 0 radical (unpaired) electrons. The maximum atomic E-state index is 11.4. The number of amides is 1. The van der Waals surface area contributed by atoms with Gasteiger partial charge in [0.2, 0.25) is 0 Å². The van der Waals surface area contributed by atoms with E-state index >= 15 is 0 Å². The van der Waals surface area contributed by atoms with Crippen LogP contribution in [0.4, 0.5) is 0 Å². The highest BCUT2D eigenvalue weighted by molar-refractivity contribution is 5.93. The fourth-order valence-corrected chi connectivity index (χ4v) is 0.937. The molecule has 0 bridgehead atoms. The van der Waals surface area contributed by atoms with Gasteiger partial charge in [0.25, 0.3) is 5.91 Å². The fourth-order valence-electron chi connectivity index (χ4n) is 0.937. The molecule has 0 spiro atoms. The summed E-state index contributed by atoms with van der Waals surface area (Å²) < 4.78 is 0. The number of aromatic nitrogens is 1. The van der Waals surface area contributed by atoms with E-state index < -0.39 is 0 Å². The number of carbonyl (C=O) groups is 1. The predicted molar refractivity (Wildman–Crippen MR) is 53.2 cm³/mol. The van der Waals surface area contributed by atoms with E-state index in [-0.39, 0.29) is 24.1 Å². The van der Waals surface area contributed by atoms with E-state index in [1.807, 2.05) is 0 Å². The van der Waals surface area contributed by atoms with Crippen LogP contribution in [0.25, 0.3) is 0 Å². The van der Waals surface area contributed by atoms with E-state index in [0.29, 0.717) is 5.56 Å². The normalized spacial score (nSPS) is 9.31. The van der Waals surface area contributed by atoms with Crippen LogP contribution in [0.5, 0.6) is 0 Å². The van der Waals surface area contributed by atoms with Gasteiger partial charge in [-0.05, 0) is 12.1 Å². The number of hydrogen-bond acceptors (Lipinski definition) is 5. The topological polar surface area (TPSA) is 80.5 Å². The van der Waals surface area contributed by atoms with Crippen molar-refractivity contribution in [2.45, 2.75) is 0 Å². The molecule has 0 unspecified atom stereocenters. The third-order valence-electron chi connectivity index (χ3n) is 1.66. The lowest BCUT2D eigenvalue weighted by Gasteiger charge is -2.01. The third kappa shape index (κ3) is 3.91. The van der Waals surface area contributed by atoms with Gasteiger partial charge in [-0.15, -0.1) is 0 Å². The van der Waals surface area contributed by atoms with Crippen LogP contribution in [-0.2, 0) is 9.68 Å². The summed E-state index contributed by atoms with van der Waals surface area (Å²) in [5, 5.41) is 2.52. The van der Waals surface area contributed by atoms with Crippen molar-refractivity contribution in [1.82, 2.24) is 10.3 Å². The zero-order chi connectivity index (χ0) is 11.8. The maximum absolute atomic E-state index is 11.4. The monoisotopic (exact) mass is 226 g/mol. The van der Waals surface area contributed by atoms with Crippen LogP contribution in [-0.4, -0.2) is 36.2 Å². The van der Waals surface area contributed by atoms with E-state index in [2.05, 4.69) is 20.0 Å². The number of hydrogen-bond donors (Lipinski definition) is 1. The fraction of sp³-hybridized carbons (Fsp3) is 0.333. The molecule has 0 aliphatic carbocycles. The lowest BCUT2D eigenvalue weighted by molar-refractivity contribution is -0.976. The summed E-state index contributed by atoms with van der Waals surface area (Å²) in [7, 11) is 1.18. The van der Waals surface area contributed by atoms with Gasteiger partial charge in [-0.3, -0.25) is 9.78 Å². The molecule has 0 saturated heterocycles. The van der Waals surface area contributed by atoms with Crippen LogP contribution >= 0.6 is 0 Å². The summed E-state index contributed by atoms with van der Waals surface area (Å²) in [4.78, 5) is 34.4. The number of rotatable bonds is 6. The molecule has 0 atom stereocenters. The molecule has 1 amide bonds. The first kappa shape index (κ1) is 11.9. The molecule has 0 aliphatic heterocycles. The SMILES string of the molecule is CO[N+](=O)OCCNC(=O)c1cccnc1. The second-order valence-electron chi connectivity index (χ2n) is 2.74. The van der Waals surface area contributed by atoms with Gasteiger partial charge in [0.1, 0.15) is 4.91 Å². The molecule has 1 heterocycles. The zero-order valence-electron chi connectivity index (χ0n) is 8.75. The first-order valence-corrected chi connectivity index (χ1v) is 4.56. The number of carbonyl (C=O) groups excluding carboxylic acids is 1. The Morgan fingerprint density at radius 3 is 3.06 bits per heavy atom. The molecule has 1 aromatic rings. The van der Waals surface area contributed by atoms with Crippen LogP contribution in [0, 0.1) is 4.91 Å². The number of pyridine rings is 1. The molecule has 0 aromatic carbocycles. The number of nitrogens with one attached hydrogen (secondary N) is 1. The first-order valence-electron chi connectivity index (χ1n) is 4.56. The van der Waals surface area contributed by atoms with Gasteiger partial charge >= 0.3 is 5.09 Å². The largest absolute Gasteiger partial charge is 0.477 e. The smallest absolute Gasteiger partial charge is 0.348 e. The van der Waals surface area contributed by atoms with E-state index in [9.17, 15) is 9.70 Å². The van der Waals surface area contributed by atoms with Gasteiger partial charge in [-0.25, -0.2) is 0 Å². The van der Waals surface area contributed by atoms with Crippen molar-refractivity contribution in [2.24, 2.45) is 0 Å². The highest BCUT2D eigenvalue weighted by Crippen LogP contribution is 1.94. The molecule has 7 nitrogen and oxygen atoms in total. The van der Waals surface area contributed by atoms with Crippen LogP contribution in [0.3, 0.4) is 0 Å². The molecule has 0 fully saturated rings. The van der Waals surface area contributed by atoms with Crippen LogP contribution in [0.1, 0.15) is 10.4 Å². The van der Waals surface area contributed by atoms with Gasteiger partial charge in [0.15, 0.2) is 13.7 Å². The van der Waals surface area contributed by atoms with Crippen molar-refractivity contribution in [3.63, 3.8) is 0 Å². The Morgan fingerprint density at radius 2 is 2.44 bits per heavy atom. The predicted octanol–water partition coefficient (Wildman–Crippen LogP) is 0.0833. The highest BCUT2D eigenvalue weighted by Gasteiger charge is 2.09. The van der Waals surface area contributed by atoms with Gasteiger partial charge in [0, 0.05) is 12.4 Å². The van der Waals surface area contributed by atoms with Crippen LogP contribution in [0.15, 0.2) is 24.5 Å². The molecular weight excluding hydrogens is 214 g/mol. The quantitative estimate of drug-likeness (QED) is 0.549. The molecule has 0 aliphatic rings. The van der Waals surface area contributed by atoms with Crippen LogP contribution in [0.2, 0.25) is 0 Å². The Balaban J connectivity index is 2.24. The summed E-state index contributed by atoms with van der Waals surface area (Å²) in [6.45, 7) is 0.235. The van der Waals surface area contributed by atoms with Crippen molar-refractivity contribution in [1.29, 1.82) is 0 Å². The summed E-state index contributed by atoms with van der Waals surface area (Å²) >= 11 is 0. The number of nitrogens with zero attached hydrogens (tertiary/aromatic N) is 2. The molecule has 16 heavy (non-hydrogen) atoms. The van der Waals surface area contributed by atoms with E-state index in [4.69, 9.17) is 0 Å².